The van der Waals surface area contributed by atoms with Crippen molar-refractivity contribution in [1.82, 2.24) is 4.98 Å². The van der Waals surface area contributed by atoms with Crippen LogP contribution in [0.4, 0.5) is 4.39 Å². The molecule has 1 aliphatic rings. The highest BCUT2D eigenvalue weighted by molar-refractivity contribution is 6.17. The average molecular weight is 204 g/mol. The zero-order chi connectivity index (χ0) is 9.47. The van der Waals surface area contributed by atoms with Crippen LogP contribution in [0.1, 0.15) is 25.0 Å². The molecule has 0 spiro atoms. The number of aryl methyl sites for hydroxylation is 1. The number of nitrogens with zero attached hydrogens (tertiary/aromatic N) is 1. The number of rotatable bonds is 3. The summed E-state index contributed by atoms with van der Waals surface area (Å²) in [5.74, 6) is 1.74. The van der Waals surface area contributed by atoms with Crippen molar-refractivity contribution in [2.45, 2.75) is 31.4 Å². The van der Waals surface area contributed by atoms with Crippen molar-refractivity contribution in [3.8, 4) is 0 Å². The fourth-order valence-corrected chi connectivity index (χ4v) is 1.50. The van der Waals surface area contributed by atoms with E-state index in [2.05, 4.69) is 4.98 Å². The molecule has 0 amide bonds. The van der Waals surface area contributed by atoms with Gasteiger partial charge in [0.05, 0.1) is 11.6 Å². The smallest absolute Gasteiger partial charge is 0.195 e. The zero-order valence-corrected chi connectivity index (χ0v) is 8.14. The Morgan fingerprint density at radius 1 is 1.85 bits per heavy atom. The van der Waals surface area contributed by atoms with Crippen LogP contribution in [0.5, 0.6) is 0 Å². The summed E-state index contributed by atoms with van der Waals surface area (Å²) in [6.45, 7) is 1.85. The molecule has 72 valence electrons. The van der Waals surface area contributed by atoms with Crippen LogP contribution in [0, 0.1) is 0 Å². The molecule has 0 bridgehead atoms. The summed E-state index contributed by atoms with van der Waals surface area (Å²) in [5.41, 5.74) is -0.419. The van der Waals surface area contributed by atoms with E-state index in [1.54, 1.807) is 6.20 Å². The van der Waals surface area contributed by atoms with Gasteiger partial charge in [-0.3, -0.25) is 0 Å². The van der Waals surface area contributed by atoms with Crippen LogP contribution in [0.25, 0.3) is 0 Å². The summed E-state index contributed by atoms with van der Waals surface area (Å²) in [6, 6.07) is 0. The molecule has 0 aromatic carbocycles. The highest BCUT2D eigenvalue weighted by Gasteiger charge is 2.55. The quantitative estimate of drug-likeness (QED) is 0.706. The topological polar surface area (TPSA) is 26.0 Å². The first kappa shape index (κ1) is 9.00. The lowest BCUT2D eigenvalue weighted by Gasteiger charge is -2.01. The van der Waals surface area contributed by atoms with E-state index in [-0.39, 0.29) is 0 Å². The van der Waals surface area contributed by atoms with Crippen molar-refractivity contribution in [3.05, 3.63) is 17.8 Å². The zero-order valence-electron chi connectivity index (χ0n) is 7.39. The molecular weight excluding hydrogens is 193 g/mol. The summed E-state index contributed by atoms with van der Waals surface area (Å²) < 4.78 is 18.3. The van der Waals surface area contributed by atoms with Gasteiger partial charge in [0.2, 0.25) is 0 Å². The van der Waals surface area contributed by atoms with Crippen LogP contribution in [-0.4, -0.2) is 17.0 Å². The molecule has 0 N–H and O–H groups in total. The van der Waals surface area contributed by atoms with Crippen LogP contribution in [0.3, 0.4) is 0 Å². The number of oxazole rings is 1. The highest BCUT2D eigenvalue weighted by Crippen LogP contribution is 2.50. The third kappa shape index (κ3) is 1.46. The molecule has 0 saturated heterocycles. The van der Waals surface area contributed by atoms with Crippen molar-refractivity contribution in [2.24, 2.45) is 0 Å². The maximum absolute atomic E-state index is 12.9. The molecule has 0 aliphatic heterocycles. The summed E-state index contributed by atoms with van der Waals surface area (Å²) in [7, 11) is 0. The SMILES string of the molecule is CC1(c2cnc(CCCl)o2)CC1F. The van der Waals surface area contributed by atoms with Gasteiger partial charge in [-0.05, 0) is 13.3 Å². The molecule has 1 aliphatic carbocycles. The fraction of sp³-hybridized carbons (Fsp3) is 0.667. The lowest BCUT2D eigenvalue weighted by atomic mass is 10.1. The molecule has 13 heavy (non-hydrogen) atoms. The minimum Gasteiger partial charge on any atom is -0.445 e. The first-order valence-corrected chi connectivity index (χ1v) is 4.85. The minimum atomic E-state index is -0.774. The Balaban J connectivity index is 2.14. The first-order valence-electron chi connectivity index (χ1n) is 4.32. The summed E-state index contributed by atoms with van der Waals surface area (Å²) in [6.07, 6.45) is 1.99. The van der Waals surface area contributed by atoms with Gasteiger partial charge in [-0.1, -0.05) is 0 Å². The Bertz CT molecular complexity index is 314. The fourth-order valence-electron chi connectivity index (χ4n) is 1.34. The van der Waals surface area contributed by atoms with Gasteiger partial charge in [-0.15, -0.1) is 11.6 Å². The lowest BCUT2D eigenvalue weighted by Crippen LogP contribution is -2.02. The van der Waals surface area contributed by atoms with E-state index in [1.807, 2.05) is 6.92 Å². The van der Waals surface area contributed by atoms with E-state index < -0.39 is 11.6 Å². The number of hydrogen-bond acceptors (Lipinski definition) is 2. The molecule has 1 saturated carbocycles. The molecule has 1 aromatic heterocycles. The third-order valence-electron chi connectivity index (χ3n) is 2.56. The number of halogens is 2. The lowest BCUT2D eigenvalue weighted by molar-refractivity contribution is 0.373. The van der Waals surface area contributed by atoms with Crippen LogP contribution in [0.2, 0.25) is 0 Å². The molecule has 2 unspecified atom stereocenters. The largest absolute Gasteiger partial charge is 0.445 e. The van der Waals surface area contributed by atoms with E-state index in [0.717, 1.165) is 0 Å². The van der Waals surface area contributed by atoms with Crippen molar-refractivity contribution in [1.29, 1.82) is 0 Å². The summed E-state index contributed by atoms with van der Waals surface area (Å²) >= 11 is 5.53. The van der Waals surface area contributed by atoms with E-state index in [1.165, 1.54) is 0 Å². The Labute approximate surface area is 81.1 Å². The van der Waals surface area contributed by atoms with Crippen LogP contribution >= 0.6 is 11.6 Å². The number of aromatic nitrogens is 1. The van der Waals surface area contributed by atoms with Gasteiger partial charge < -0.3 is 4.42 Å². The Kier molecular flexibility index (Phi) is 2.06. The minimum absolute atomic E-state index is 0.419. The van der Waals surface area contributed by atoms with Crippen LogP contribution < -0.4 is 0 Å². The molecular formula is C9H11ClFNO. The molecule has 2 atom stereocenters. The van der Waals surface area contributed by atoms with E-state index in [9.17, 15) is 4.39 Å². The van der Waals surface area contributed by atoms with Crippen LogP contribution in [-0.2, 0) is 11.8 Å². The highest BCUT2D eigenvalue weighted by atomic mass is 35.5. The van der Waals surface area contributed by atoms with Gasteiger partial charge in [0.1, 0.15) is 11.9 Å². The van der Waals surface area contributed by atoms with Gasteiger partial charge in [0.15, 0.2) is 5.89 Å². The second kappa shape index (κ2) is 2.98. The van der Waals surface area contributed by atoms with Crippen LogP contribution in [0.15, 0.2) is 10.6 Å². The van der Waals surface area contributed by atoms with E-state index in [0.29, 0.717) is 30.4 Å². The van der Waals surface area contributed by atoms with Crippen molar-refractivity contribution < 1.29 is 8.81 Å². The maximum Gasteiger partial charge on any atom is 0.195 e. The molecule has 0 radical (unpaired) electrons. The molecule has 1 aromatic rings. The van der Waals surface area contributed by atoms with Gasteiger partial charge in [-0.2, -0.15) is 0 Å². The molecule has 2 nitrogen and oxygen atoms in total. The van der Waals surface area contributed by atoms with Gasteiger partial charge in [-0.25, -0.2) is 9.37 Å². The molecule has 4 heteroatoms. The maximum atomic E-state index is 12.9. The Morgan fingerprint density at radius 2 is 2.54 bits per heavy atom. The predicted molar refractivity (Wildman–Crippen MR) is 47.8 cm³/mol. The van der Waals surface area contributed by atoms with Gasteiger partial charge in [0, 0.05) is 12.3 Å². The first-order chi connectivity index (χ1) is 6.16. The normalized spacial score (nSPS) is 32.1. The van der Waals surface area contributed by atoms with Crippen molar-refractivity contribution >= 4 is 11.6 Å². The summed E-state index contributed by atoms with van der Waals surface area (Å²) in [5, 5.41) is 0. The molecule has 2 rings (SSSR count). The average Bonchev–Trinajstić information content (AvgIpc) is 2.53. The Morgan fingerprint density at radius 3 is 3.08 bits per heavy atom. The van der Waals surface area contributed by atoms with Crippen molar-refractivity contribution in [2.75, 3.05) is 5.88 Å². The third-order valence-corrected chi connectivity index (χ3v) is 2.75. The summed E-state index contributed by atoms with van der Waals surface area (Å²) in [4.78, 5) is 4.03. The van der Waals surface area contributed by atoms with Gasteiger partial charge >= 0.3 is 0 Å². The predicted octanol–water partition coefficient (Wildman–Crippen LogP) is 2.46. The van der Waals surface area contributed by atoms with E-state index >= 15 is 0 Å². The molecule has 1 fully saturated rings. The molecule has 1 heterocycles. The second-order valence-electron chi connectivity index (χ2n) is 3.65. The van der Waals surface area contributed by atoms with Crippen molar-refractivity contribution in [3.63, 3.8) is 0 Å². The van der Waals surface area contributed by atoms with Gasteiger partial charge in [0.25, 0.3) is 0 Å². The number of alkyl halides is 2. The Hall–Kier alpha value is -0.570. The second-order valence-corrected chi connectivity index (χ2v) is 4.02. The number of hydrogen-bond donors (Lipinski definition) is 0. The standard InChI is InChI=1S/C9H11ClFNO/c1-9(4-6(9)11)7-5-12-8(13-7)2-3-10/h5-6H,2-4H2,1H3. The van der Waals surface area contributed by atoms with E-state index in [4.69, 9.17) is 16.0 Å². The monoisotopic (exact) mass is 203 g/mol.